The molecule has 0 unspecified atom stereocenters. The molecule has 2 rings (SSSR count). The topological polar surface area (TPSA) is 184 Å². The van der Waals surface area contributed by atoms with E-state index in [0.29, 0.717) is 12.1 Å². The number of alkyl halides is 1. The van der Waals surface area contributed by atoms with Crippen LogP contribution in [0.25, 0.3) is 0 Å². The van der Waals surface area contributed by atoms with E-state index in [1.54, 1.807) is 13.8 Å². The van der Waals surface area contributed by atoms with Crippen molar-refractivity contribution in [3.63, 3.8) is 0 Å². The van der Waals surface area contributed by atoms with E-state index in [4.69, 9.17) is 14.2 Å². The first kappa shape index (κ1) is 31.2. The van der Waals surface area contributed by atoms with Crippen molar-refractivity contribution in [2.24, 2.45) is 5.92 Å². The minimum absolute atomic E-state index is 0.0405. The van der Waals surface area contributed by atoms with E-state index in [1.165, 1.54) is 18.2 Å². The smallest absolute Gasteiger partial charge is 0.479 e. The first-order valence-electron chi connectivity index (χ1n) is 11.9. The van der Waals surface area contributed by atoms with Gasteiger partial charge in [0, 0.05) is 0 Å². The molecule has 6 N–H and O–H groups in total. The van der Waals surface area contributed by atoms with Gasteiger partial charge in [-0.2, -0.15) is 0 Å². The number of amides is 1. The van der Waals surface area contributed by atoms with Gasteiger partial charge in [0.05, 0.1) is 5.92 Å². The Bertz CT molecular complexity index is 916. The van der Waals surface area contributed by atoms with Crippen LogP contribution < -0.4 is 35.1 Å². The van der Waals surface area contributed by atoms with Crippen molar-refractivity contribution in [3.05, 3.63) is 29.3 Å². The van der Waals surface area contributed by atoms with Crippen LogP contribution in [0.15, 0.2) is 18.2 Å². The number of halogens is 1. The van der Waals surface area contributed by atoms with Gasteiger partial charge in [0.25, 0.3) is 0 Å². The molecular formula is C24H36IN2O10-. The van der Waals surface area contributed by atoms with Crippen molar-refractivity contribution in [1.82, 2.24) is 8.85 Å². The Morgan fingerprint density at radius 1 is 1.05 bits per heavy atom. The van der Waals surface area contributed by atoms with Crippen LogP contribution in [-0.2, 0) is 25.7 Å². The average Bonchev–Trinajstić information content (AvgIpc) is 2.86. The van der Waals surface area contributed by atoms with Gasteiger partial charge in [-0.3, -0.25) is 4.79 Å². The second-order valence-corrected chi connectivity index (χ2v) is 10.7. The number of aliphatic carboxylic acids is 1. The first-order chi connectivity index (χ1) is 17.6. The zero-order valence-electron chi connectivity index (χ0n) is 21.1. The summed E-state index contributed by atoms with van der Waals surface area (Å²) in [6, 6.07) is 4.40. The molecule has 1 heterocycles. The fourth-order valence-electron chi connectivity index (χ4n) is 3.43. The van der Waals surface area contributed by atoms with Crippen molar-refractivity contribution in [3.8, 4) is 5.75 Å². The summed E-state index contributed by atoms with van der Waals surface area (Å²) in [5.74, 6) is -2.83. The second-order valence-electron chi connectivity index (χ2n) is 8.84. The number of carbonyl (C=O) groups excluding carboxylic acids is 2. The van der Waals surface area contributed by atoms with E-state index < -0.39 is 48.6 Å². The summed E-state index contributed by atoms with van der Waals surface area (Å²) in [6.07, 6.45) is -6.36. The molecule has 12 nitrogen and oxygen atoms in total. The Hall–Kier alpha value is -2.04. The normalized spacial score (nSPS) is 23.6. The molecular weight excluding hydrogens is 603 g/mol. The van der Waals surface area contributed by atoms with E-state index in [0.717, 1.165) is 25.8 Å². The number of nitrogens with one attached hydrogen (secondary N) is 2. The maximum atomic E-state index is 13.0. The number of hydrogen-bond acceptors (Lipinski definition) is 10. The van der Waals surface area contributed by atoms with E-state index in [-0.39, 0.29) is 45.3 Å². The van der Waals surface area contributed by atoms with Crippen LogP contribution in [0.4, 0.5) is 0 Å². The zero-order valence-corrected chi connectivity index (χ0v) is 23.2. The fraction of sp³-hybridized carbons (Fsp3) is 0.625. The predicted molar refractivity (Wildman–Crippen MR) is 126 cm³/mol. The molecule has 1 aliphatic heterocycles. The van der Waals surface area contributed by atoms with E-state index in [9.17, 15) is 34.8 Å². The van der Waals surface area contributed by atoms with Gasteiger partial charge in [0.15, 0.2) is 6.10 Å². The molecule has 5 atom stereocenters. The molecule has 1 fully saturated rings. The minimum Gasteiger partial charge on any atom is -0.479 e. The number of benzene rings is 1. The summed E-state index contributed by atoms with van der Waals surface area (Å²) in [4.78, 5) is 38.4. The minimum atomic E-state index is -1.87. The molecule has 0 aliphatic carbocycles. The fourth-order valence-corrected chi connectivity index (χ4v) is 4.35. The van der Waals surface area contributed by atoms with Crippen molar-refractivity contribution in [2.75, 3.05) is 18.0 Å². The molecule has 0 saturated carbocycles. The SMILES string of the molecule is C[I-]NCCCCCNC(=O)c1cc(COC(=O)C(C)C)ccc1O[C@H]1O[C@H](C(=O)O)[C@@H](O)[C@H](O)[C@H]1O. The molecule has 210 valence electrons. The summed E-state index contributed by atoms with van der Waals surface area (Å²) < 4.78 is 19.4. The quantitative estimate of drug-likeness (QED) is 0.0396. The number of hydrogen-bond donors (Lipinski definition) is 6. The third-order valence-corrected chi connectivity index (χ3v) is 6.87. The number of aliphatic hydroxyl groups excluding tert-OH is 3. The van der Waals surface area contributed by atoms with E-state index in [2.05, 4.69) is 13.8 Å². The number of esters is 1. The van der Waals surface area contributed by atoms with Gasteiger partial charge in [-0.15, -0.1) is 0 Å². The van der Waals surface area contributed by atoms with Crippen LogP contribution in [0.2, 0.25) is 0 Å². The summed E-state index contributed by atoms with van der Waals surface area (Å²) in [5, 5.41) is 42.3. The number of rotatable bonds is 14. The number of carbonyl (C=O) groups is 3. The van der Waals surface area contributed by atoms with Gasteiger partial charge in [-0.05, 0) is 0 Å². The molecule has 1 amide bonds. The molecule has 13 heteroatoms. The number of carboxylic acid groups (broad SMARTS) is 1. The van der Waals surface area contributed by atoms with Gasteiger partial charge in [0.2, 0.25) is 0 Å². The first-order valence-corrected chi connectivity index (χ1v) is 15.2. The number of unbranched alkanes of at least 4 members (excludes halogenated alkanes) is 2. The molecule has 1 aliphatic rings. The van der Waals surface area contributed by atoms with Crippen molar-refractivity contribution in [2.45, 2.75) is 70.4 Å². The Balaban J connectivity index is 2.18. The monoisotopic (exact) mass is 639 g/mol. The second kappa shape index (κ2) is 15.4. The summed E-state index contributed by atoms with van der Waals surface area (Å²) in [7, 11) is 0. The van der Waals surface area contributed by atoms with Crippen molar-refractivity contribution in [1.29, 1.82) is 0 Å². The molecule has 0 aromatic heterocycles. The Morgan fingerprint density at radius 3 is 2.41 bits per heavy atom. The third kappa shape index (κ3) is 9.33. The van der Waals surface area contributed by atoms with Gasteiger partial charge in [0.1, 0.15) is 18.3 Å². The van der Waals surface area contributed by atoms with E-state index in [1.807, 2.05) is 0 Å². The molecule has 0 bridgehead atoms. The third-order valence-electron chi connectivity index (χ3n) is 5.56. The van der Waals surface area contributed by atoms with Crippen molar-refractivity contribution >= 4 is 17.8 Å². The van der Waals surface area contributed by atoms with Gasteiger partial charge >= 0.3 is 143 Å². The molecule has 0 spiro atoms. The van der Waals surface area contributed by atoms with Crippen LogP contribution >= 0.6 is 0 Å². The van der Waals surface area contributed by atoms with Crippen LogP contribution in [0.5, 0.6) is 5.75 Å². The predicted octanol–water partition coefficient (Wildman–Crippen LogP) is -3.22. The van der Waals surface area contributed by atoms with Crippen LogP contribution in [0.3, 0.4) is 0 Å². The standard InChI is InChI=1S/C24H36IN2O10/c1-13(2)23(34)35-12-14-7-8-16(15(11-14)21(31)26-9-5-4-6-10-27-25-3)36-24-19(30)17(28)18(29)20(37-24)22(32)33/h7-8,11,13,17-20,24,27-30H,4-6,9-10,12H2,1-3H3,(H,26,31)(H,32,33)/q-1/t17-,18-,19+,20-,24-/m0/s1. The van der Waals surface area contributed by atoms with Crippen LogP contribution in [-0.4, -0.2) is 87.0 Å². The molecule has 0 radical (unpaired) electrons. The average molecular weight is 639 g/mol. The van der Waals surface area contributed by atoms with Gasteiger partial charge in [-0.25, -0.2) is 4.79 Å². The van der Waals surface area contributed by atoms with E-state index >= 15 is 0 Å². The van der Waals surface area contributed by atoms with Crippen molar-refractivity contribution < 1.29 is 70.5 Å². The molecule has 1 saturated heterocycles. The maximum absolute atomic E-state index is 13.0. The molecule has 37 heavy (non-hydrogen) atoms. The van der Waals surface area contributed by atoms with Crippen LogP contribution in [0.1, 0.15) is 49.0 Å². The van der Waals surface area contributed by atoms with Gasteiger partial charge < -0.3 is 29.9 Å². The number of carboxylic acids is 1. The molecule has 1 aromatic rings. The summed E-state index contributed by atoms with van der Waals surface area (Å²) >= 11 is 0.0425. The Labute approximate surface area is 226 Å². The van der Waals surface area contributed by atoms with Crippen LogP contribution in [0, 0.1) is 5.92 Å². The molecule has 1 aromatic carbocycles. The van der Waals surface area contributed by atoms with Gasteiger partial charge in [-0.1, -0.05) is 13.8 Å². The zero-order chi connectivity index (χ0) is 27.5. The number of aliphatic hydroxyl groups is 3. The number of ether oxygens (including phenoxy) is 3. The summed E-state index contributed by atoms with van der Waals surface area (Å²) in [6.45, 7) is 4.65. The Kier molecular flexibility index (Phi) is 13.0. The summed E-state index contributed by atoms with van der Waals surface area (Å²) in [5.41, 5.74) is 0.545. The Morgan fingerprint density at radius 2 is 1.76 bits per heavy atom.